The Morgan fingerprint density at radius 3 is 2.50 bits per heavy atom. The molecule has 86 valence electrons. The van der Waals surface area contributed by atoms with Gasteiger partial charge in [0.05, 0.1) is 5.56 Å². The predicted molar refractivity (Wildman–Crippen MR) is 69.3 cm³/mol. The third-order valence-corrected chi connectivity index (χ3v) is 3.02. The SMILES string of the molecule is CC(C)C(=O)COC(=O)c1ccccc1I. The second-order valence-electron chi connectivity index (χ2n) is 3.68. The van der Waals surface area contributed by atoms with E-state index in [9.17, 15) is 9.59 Å². The lowest BCUT2D eigenvalue weighted by Crippen LogP contribution is -2.18. The number of halogens is 1. The summed E-state index contributed by atoms with van der Waals surface area (Å²) in [5.41, 5.74) is 0.500. The highest BCUT2D eigenvalue weighted by Crippen LogP contribution is 2.12. The van der Waals surface area contributed by atoms with Crippen molar-refractivity contribution in [1.82, 2.24) is 0 Å². The molecule has 1 rings (SSSR count). The molecule has 0 aliphatic heterocycles. The molecule has 0 saturated heterocycles. The van der Waals surface area contributed by atoms with Crippen LogP contribution >= 0.6 is 22.6 Å². The molecule has 4 heteroatoms. The molecule has 0 N–H and O–H groups in total. The number of esters is 1. The van der Waals surface area contributed by atoms with E-state index < -0.39 is 5.97 Å². The molecular formula is C12H13IO3. The van der Waals surface area contributed by atoms with Gasteiger partial charge in [-0.05, 0) is 34.7 Å². The molecule has 3 nitrogen and oxygen atoms in total. The van der Waals surface area contributed by atoms with Crippen LogP contribution in [0.2, 0.25) is 0 Å². The fraction of sp³-hybridized carbons (Fsp3) is 0.333. The van der Waals surface area contributed by atoms with Gasteiger partial charge in [0.1, 0.15) is 0 Å². The Hall–Kier alpha value is -0.910. The van der Waals surface area contributed by atoms with E-state index in [4.69, 9.17) is 4.74 Å². The minimum Gasteiger partial charge on any atom is -0.454 e. The molecule has 0 aromatic heterocycles. The third kappa shape index (κ3) is 3.59. The number of benzene rings is 1. The monoisotopic (exact) mass is 332 g/mol. The van der Waals surface area contributed by atoms with E-state index in [1.807, 2.05) is 12.1 Å². The molecule has 16 heavy (non-hydrogen) atoms. The summed E-state index contributed by atoms with van der Waals surface area (Å²) >= 11 is 2.06. The Morgan fingerprint density at radius 1 is 1.31 bits per heavy atom. The van der Waals surface area contributed by atoms with E-state index >= 15 is 0 Å². The molecule has 1 aromatic carbocycles. The standard InChI is InChI=1S/C12H13IO3/c1-8(2)11(14)7-16-12(15)9-5-3-4-6-10(9)13/h3-6,8H,7H2,1-2H3. The molecule has 0 saturated carbocycles. The van der Waals surface area contributed by atoms with Gasteiger partial charge >= 0.3 is 5.97 Å². The lowest BCUT2D eigenvalue weighted by molar-refractivity contribution is -0.125. The van der Waals surface area contributed by atoms with Crippen molar-refractivity contribution >= 4 is 34.3 Å². The van der Waals surface area contributed by atoms with Crippen molar-refractivity contribution in [2.75, 3.05) is 6.61 Å². The van der Waals surface area contributed by atoms with Crippen LogP contribution in [0, 0.1) is 9.49 Å². The van der Waals surface area contributed by atoms with Gasteiger partial charge in [-0.25, -0.2) is 4.79 Å². The number of hydrogen-bond acceptors (Lipinski definition) is 3. The first-order valence-electron chi connectivity index (χ1n) is 4.96. The van der Waals surface area contributed by atoms with Gasteiger partial charge in [-0.1, -0.05) is 26.0 Å². The van der Waals surface area contributed by atoms with Crippen molar-refractivity contribution in [3.63, 3.8) is 0 Å². The van der Waals surface area contributed by atoms with Crippen LogP contribution in [0.25, 0.3) is 0 Å². The summed E-state index contributed by atoms with van der Waals surface area (Å²) in [4.78, 5) is 22.9. The smallest absolute Gasteiger partial charge is 0.339 e. The molecule has 0 atom stereocenters. The van der Waals surface area contributed by atoms with Crippen LogP contribution in [-0.2, 0) is 9.53 Å². The molecule has 0 radical (unpaired) electrons. The predicted octanol–water partition coefficient (Wildman–Crippen LogP) is 2.67. The summed E-state index contributed by atoms with van der Waals surface area (Å²) in [5, 5.41) is 0. The summed E-state index contributed by atoms with van der Waals surface area (Å²) in [5.74, 6) is -0.624. The van der Waals surface area contributed by atoms with Crippen molar-refractivity contribution in [1.29, 1.82) is 0 Å². The summed E-state index contributed by atoms with van der Waals surface area (Å²) in [6, 6.07) is 7.12. The Labute approximate surface area is 108 Å². The maximum atomic E-state index is 11.6. The van der Waals surface area contributed by atoms with Crippen LogP contribution in [0.3, 0.4) is 0 Å². The van der Waals surface area contributed by atoms with E-state index in [0.717, 1.165) is 3.57 Å². The number of ketones is 1. The van der Waals surface area contributed by atoms with Crippen molar-refractivity contribution in [2.24, 2.45) is 5.92 Å². The highest BCUT2D eigenvalue weighted by atomic mass is 127. The lowest BCUT2D eigenvalue weighted by atomic mass is 10.1. The Balaban J connectivity index is 2.60. The van der Waals surface area contributed by atoms with E-state index in [0.29, 0.717) is 5.56 Å². The molecule has 0 heterocycles. The van der Waals surface area contributed by atoms with Crippen molar-refractivity contribution in [2.45, 2.75) is 13.8 Å². The first-order chi connectivity index (χ1) is 7.52. The zero-order chi connectivity index (χ0) is 12.1. The van der Waals surface area contributed by atoms with Gasteiger partial charge in [0.25, 0.3) is 0 Å². The molecule has 0 fully saturated rings. The molecule has 0 aliphatic carbocycles. The highest BCUT2D eigenvalue weighted by molar-refractivity contribution is 14.1. The average molecular weight is 332 g/mol. The summed E-state index contributed by atoms with van der Waals surface area (Å²) < 4.78 is 5.76. The quantitative estimate of drug-likeness (QED) is 0.629. The van der Waals surface area contributed by atoms with Crippen LogP contribution < -0.4 is 0 Å². The molecule has 0 aliphatic rings. The zero-order valence-electron chi connectivity index (χ0n) is 9.20. The third-order valence-electron chi connectivity index (χ3n) is 2.08. The van der Waals surface area contributed by atoms with Crippen molar-refractivity contribution in [3.8, 4) is 0 Å². The van der Waals surface area contributed by atoms with Crippen LogP contribution in [0.1, 0.15) is 24.2 Å². The largest absolute Gasteiger partial charge is 0.454 e. The second-order valence-corrected chi connectivity index (χ2v) is 4.84. The molecular weight excluding hydrogens is 319 g/mol. The average Bonchev–Trinajstić information content (AvgIpc) is 2.25. The Bertz CT molecular complexity index is 399. The van der Waals surface area contributed by atoms with E-state index in [2.05, 4.69) is 22.6 Å². The van der Waals surface area contributed by atoms with E-state index in [-0.39, 0.29) is 18.3 Å². The minimum atomic E-state index is -0.445. The number of carbonyl (C=O) groups excluding carboxylic acids is 2. The zero-order valence-corrected chi connectivity index (χ0v) is 11.4. The second kappa shape index (κ2) is 5.98. The van der Waals surface area contributed by atoms with Crippen LogP contribution in [0.15, 0.2) is 24.3 Å². The van der Waals surface area contributed by atoms with Crippen molar-refractivity contribution < 1.29 is 14.3 Å². The molecule has 0 bridgehead atoms. The van der Waals surface area contributed by atoms with Crippen LogP contribution in [0.4, 0.5) is 0 Å². The van der Waals surface area contributed by atoms with Gasteiger partial charge < -0.3 is 4.74 Å². The normalized spacial score (nSPS) is 10.2. The lowest BCUT2D eigenvalue weighted by Gasteiger charge is -2.07. The Morgan fingerprint density at radius 2 is 1.94 bits per heavy atom. The van der Waals surface area contributed by atoms with Gasteiger partial charge in [-0.15, -0.1) is 0 Å². The van der Waals surface area contributed by atoms with Gasteiger partial charge in [0.15, 0.2) is 12.4 Å². The van der Waals surface area contributed by atoms with E-state index in [1.54, 1.807) is 26.0 Å². The molecule has 0 spiro atoms. The van der Waals surface area contributed by atoms with Gasteiger partial charge in [-0.2, -0.15) is 0 Å². The fourth-order valence-corrected chi connectivity index (χ4v) is 1.62. The number of hydrogen-bond donors (Lipinski definition) is 0. The van der Waals surface area contributed by atoms with Crippen molar-refractivity contribution in [3.05, 3.63) is 33.4 Å². The van der Waals surface area contributed by atoms with Crippen LogP contribution in [-0.4, -0.2) is 18.4 Å². The first-order valence-corrected chi connectivity index (χ1v) is 6.04. The number of carbonyl (C=O) groups is 2. The number of ether oxygens (including phenoxy) is 1. The Kier molecular flexibility index (Phi) is 4.92. The summed E-state index contributed by atoms with van der Waals surface area (Å²) in [6.45, 7) is 3.41. The van der Waals surface area contributed by atoms with Crippen LogP contribution in [0.5, 0.6) is 0 Å². The summed E-state index contributed by atoms with van der Waals surface area (Å²) in [6.07, 6.45) is 0. The maximum Gasteiger partial charge on any atom is 0.339 e. The molecule has 1 aromatic rings. The molecule has 0 unspecified atom stereocenters. The topological polar surface area (TPSA) is 43.4 Å². The van der Waals surface area contributed by atoms with Gasteiger partial charge in [0.2, 0.25) is 0 Å². The first kappa shape index (κ1) is 13.2. The minimum absolute atomic E-state index is 0.0701. The highest BCUT2D eigenvalue weighted by Gasteiger charge is 2.14. The number of Topliss-reactive ketones (excluding diaryl/α,β-unsaturated/α-hetero) is 1. The fourth-order valence-electron chi connectivity index (χ4n) is 1.01. The van der Waals surface area contributed by atoms with Gasteiger partial charge in [-0.3, -0.25) is 4.79 Å². The molecule has 0 amide bonds. The maximum absolute atomic E-state index is 11.6. The summed E-state index contributed by atoms with van der Waals surface area (Å²) in [7, 11) is 0. The van der Waals surface area contributed by atoms with Gasteiger partial charge in [0, 0.05) is 9.49 Å². The number of rotatable bonds is 4. The van der Waals surface area contributed by atoms with E-state index in [1.165, 1.54) is 0 Å².